The molecule has 0 aliphatic heterocycles. The topological polar surface area (TPSA) is 24.7 Å². The highest BCUT2D eigenvalue weighted by Gasteiger charge is 2.10. The zero-order chi connectivity index (χ0) is 22.3. The Hall–Kier alpha value is -4.08. The van der Waals surface area contributed by atoms with E-state index in [0.29, 0.717) is 0 Å². The van der Waals surface area contributed by atoms with Crippen LogP contribution in [0.1, 0.15) is 22.3 Å². The van der Waals surface area contributed by atoms with Crippen molar-refractivity contribution in [3.63, 3.8) is 0 Å². The van der Waals surface area contributed by atoms with E-state index in [9.17, 15) is 0 Å². The van der Waals surface area contributed by atoms with Crippen molar-refractivity contribution in [2.75, 3.05) is 0 Å². The molecule has 1 heterocycles. The summed E-state index contributed by atoms with van der Waals surface area (Å²) in [7, 11) is 0. The van der Waals surface area contributed by atoms with Gasteiger partial charge in [-0.2, -0.15) is 0 Å². The average Bonchev–Trinajstić information content (AvgIpc) is 3.35. The fourth-order valence-electron chi connectivity index (χ4n) is 3.63. The molecule has 0 N–H and O–H groups in total. The normalized spacial score (nSPS) is 10.4. The zero-order valence-corrected chi connectivity index (χ0v) is 18.8. The summed E-state index contributed by atoms with van der Waals surface area (Å²) < 4.78 is 0. The Labute approximate surface area is 198 Å². The Morgan fingerprint density at radius 2 is 0.636 bits per heavy atom. The summed E-state index contributed by atoms with van der Waals surface area (Å²) in [5, 5.41) is 1.86. The summed E-state index contributed by atoms with van der Waals surface area (Å²) in [4.78, 5) is 10.1. The van der Waals surface area contributed by atoms with E-state index in [1.807, 2.05) is 84.9 Å². The molecule has 0 fully saturated rings. The van der Waals surface area contributed by atoms with Crippen molar-refractivity contribution in [1.29, 1.82) is 0 Å². The van der Waals surface area contributed by atoms with Crippen LogP contribution in [0.15, 0.2) is 143 Å². The largest absolute Gasteiger partial charge is 0.237 e. The van der Waals surface area contributed by atoms with E-state index in [0.717, 1.165) is 43.7 Å². The molecule has 158 valence electrons. The third-order valence-electron chi connectivity index (χ3n) is 5.21. The molecule has 5 aromatic rings. The van der Waals surface area contributed by atoms with Gasteiger partial charge in [-0.05, 0) is 12.1 Å². The first kappa shape index (κ1) is 20.8. The molecule has 1 aromatic heterocycles. The molecule has 0 spiro atoms. The Morgan fingerprint density at radius 1 is 0.364 bits per heavy atom. The standard InChI is InChI=1S/C30H22N2S/c1-5-13-23(14-6-1)29(24-15-7-2-8-16-24)31-27-21-22-28(33-27)32-30(25-17-9-3-10-18-25)26-19-11-4-12-20-26/h1-22H. The van der Waals surface area contributed by atoms with Crippen molar-refractivity contribution in [3.05, 3.63) is 156 Å². The second-order valence-corrected chi connectivity index (χ2v) is 8.54. The van der Waals surface area contributed by atoms with E-state index in [4.69, 9.17) is 9.98 Å². The van der Waals surface area contributed by atoms with Gasteiger partial charge < -0.3 is 0 Å². The van der Waals surface area contributed by atoms with Crippen LogP contribution in [0.2, 0.25) is 0 Å². The summed E-state index contributed by atoms with van der Waals surface area (Å²) in [6.45, 7) is 0. The van der Waals surface area contributed by atoms with E-state index >= 15 is 0 Å². The van der Waals surface area contributed by atoms with Gasteiger partial charge in [-0.15, -0.1) is 0 Å². The van der Waals surface area contributed by atoms with E-state index in [1.165, 1.54) is 0 Å². The smallest absolute Gasteiger partial charge is 0.118 e. The molecule has 0 aliphatic rings. The maximum Gasteiger partial charge on any atom is 0.118 e. The highest BCUT2D eigenvalue weighted by molar-refractivity contribution is 7.19. The lowest BCUT2D eigenvalue weighted by atomic mass is 10.0. The SMILES string of the molecule is c1ccc(C(=Nc2ccc(N=C(c3ccccc3)c3ccccc3)s2)c2ccccc2)cc1. The third-order valence-corrected chi connectivity index (χ3v) is 6.08. The van der Waals surface area contributed by atoms with Crippen LogP contribution < -0.4 is 0 Å². The number of hydrogen-bond acceptors (Lipinski definition) is 3. The third kappa shape index (κ3) is 5.05. The monoisotopic (exact) mass is 442 g/mol. The first-order valence-corrected chi connectivity index (χ1v) is 11.7. The molecule has 0 amide bonds. The van der Waals surface area contributed by atoms with Crippen LogP contribution in [0.4, 0.5) is 10.0 Å². The van der Waals surface area contributed by atoms with Gasteiger partial charge in [-0.1, -0.05) is 133 Å². The molecule has 5 rings (SSSR count). The summed E-state index contributed by atoms with van der Waals surface area (Å²) in [5.74, 6) is 0. The van der Waals surface area contributed by atoms with Crippen molar-refractivity contribution in [2.45, 2.75) is 0 Å². The van der Waals surface area contributed by atoms with Crippen molar-refractivity contribution in [2.24, 2.45) is 9.98 Å². The lowest BCUT2D eigenvalue weighted by Gasteiger charge is -2.07. The molecule has 0 bridgehead atoms. The minimum atomic E-state index is 0.928. The minimum Gasteiger partial charge on any atom is -0.237 e. The number of nitrogens with zero attached hydrogens (tertiary/aromatic N) is 2. The van der Waals surface area contributed by atoms with Gasteiger partial charge in [0.05, 0.1) is 11.4 Å². The number of thiophene rings is 1. The predicted octanol–water partition coefficient (Wildman–Crippen LogP) is 8.09. The molecule has 0 aliphatic carbocycles. The van der Waals surface area contributed by atoms with Gasteiger partial charge >= 0.3 is 0 Å². The summed E-state index contributed by atoms with van der Waals surface area (Å²) in [6, 6.07) is 45.3. The first-order chi connectivity index (χ1) is 16.4. The number of rotatable bonds is 6. The van der Waals surface area contributed by atoms with Crippen molar-refractivity contribution >= 4 is 32.8 Å². The van der Waals surface area contributed by atoms with Crippen molar-refractivity contribution < 1.29 is 0 Å². The molecule has 0 atom stereocenters. The van der Waals surface area contributed by atoms with Gasteiger partial charge in [0.2, 0.25) is 0 Å². The van der Waals surface area contributed by atoms with Crippen LogP contribution in [0.25, 0.3) is 0 Å². The highest BCUT2D eigenvalue weighted by atomic mass is 32.1. The van der Waals surface area contributed by atoms with Gasteiger partial charge in [0.1, 0.15) is 10.0 Å². The van der Waals surface area contributed by atoms with Crippen LogP contribution in [0, 0.1) is 0 Å². The molecular formula is C30H22N2S. The molecule has 0 radical (unpaired) electrons. The fraction of sp³-hybridized carbons (Fsp3) is 0. The first-order valence-electron chi connectivity index (χ1n) is 10.9. The molecule has 4 aromatic carbocycles. The van der Waals surface area contributed by atoms with E-state index < -0.39 is 0 Å². The van der Waals surface area contributed by atoms with Crippen molar-refractivity contribution in [3.8, 4) is 0 Å². The van der Waals surface area contributed by atoms with Crippen LogP contribution in [0.5, 0.6) is 0 Å². The van der Waals surface area contributed by atoms with Gasteiger partial charge in [-0.3, -0.25) is 0 Å². The Balaban J connectivity index is 1.56. The van der Waals surface area contributed by atoms with Crippen molar-refractivity contribution in [1.82, 2.24) is 0 Å². The highest BCUT2D eigenvalue weighted by Crippen LogP contribution is 2.34. The molecule has 0 saturated heterocycles. The Morgan fingerprint density at radius 3 is 0.909 bits per heavy atom. The van der Waals surface area contributed by atoms with Gasteiger partial charge in [0, 0.05) is 22.3 Å². The second kappa shape index (κ2) is 10.0. The summed E-state index contributed by atoms with van der Waals surface area (Å²) in [6.07, 6.45) is 0. The van der Waals surface area contributed by atoms with E-state index in [-0.39, 0.29) is 0 Å². The minimum absolute atomic E-state index is 0.928. The molecule has 33 heavy (non-hydrogen) atoms. The summed E-state index contributed by atoms with van der Waals surface area (Å²) in [5.41, 5.74) is 6.29. The van der Waals surface area contributed by atoms with Gasteiger partial charge in [0.15, 0.2) is 0 Å². The number of benzene rings is 4. The van der Waals surface area contributed by atoms with Gasteiger partial charge in [0.25, 0.3) is 0 Å². The van der Waals surface area contributed by atoms with Crippen LogP contribution in [-0.4, -0.2) is 11.4 Å². The lowest BCUT2D eigenvalue weighted by Crippen LogP contribution is -2.02. The molecule has 0 saturated carbocycles. The average molecular weight is 443 g/mol. The fourth-order valence-corrected chi connectivity index (χ4v) is 4.39. The number of hydrogen-bond donors (Lipinski definition) is 0. The molecular weight excluding hydrogens is 420 g/mol. The molecule has 2 nitrogen and oxygen atoms in total. The second-order valence-electron chi connectivity index (χ2n) is 7.50. The van der Waals surface area contributed by atoms with Crippen LogP contribution in [0.3, 0.4) is 0 Å². The Bertz CT molecular complexity index is 1180. The zero-order valence-electron chi connectivity index (χ0n) is 18.0. The maximum atomic E-state index is 5.04. The quantitative estimate of drug-likeness (QED) is 0.237. The Kier molecular flexibility index (Phi) is 6.32. The van der Waals surface area contributed by atoms with Crippen LogP contribution >= 0.6 is 11.3 Å². The summed E-state index contributed by atoms with van der Waals surface area (Å²) >= 11 is 1.59. The lowest BCUT2D eigenvalue weighted by molar-refractivity contribution is 1.52. The predicted molar refractivity (Wildman–Crippen MR) is 141 cm³/mol. The van der Waals surface area contributed by atoms with E-state index in [2.05, 4.69) is 48.5 Å². The maximum absolute atomic E-state index is 5.04. The van der Waals surface area contributed by atoms with Gasteiger partial charge in [-0.25, -0.2) is 9.98 Å². The number of aliphatic imine (C=N–C) groups is 2. The van der Waals surface area contributed by atoms with Crippen LogP contribution in [-0.2, 0) is 0 Å². The van der Waals surface area contributed by atoms with E-state index in [1.54, 1.807) is 11.3 Å². The molecule has 3 heteroatoms. The molecule has 0 unspecified atom stereocenters.